The topological polar surface area (TPSA) is 49.9 Å². The van der Waals surface area contributed by atoms with Gasteiger partial charge in [-0.15, -0.1) is 0 Å². The molecule has 0 atom stereocenters. The van der Waals surface area contributed by atoms with Gasteiger partial charge in [-0.05, 0) is 35.6 Å². The molecule has 0 aromatic heterocycles. The number of benzene rings is 2. The molecule has 1 aliphatic rings. The molecule has 0 unspecified atom stereocenters. The summed E-state index contributed by atoms with van der Waals surface area (Å²) in [5.74, 6) is 0.324. The summed E-state index contributed by atoms with van der Waals surface area (Å²) in [6, 6.07) is 17.8. The highest BCUT2D eigenvalue weighted by Crippen LogP contribution is 2.20. The van der Waals surface area contributed by atoms with Gasteiger partial charge in [-0.2, -0.15) is 0 Å². The highest BCUT2D eigenvalue weighted by atomic mass is 16.6. The number of ether oxygens (including phenoxy) is 1. The van der Waals surface area contributed by atoms with Crippen molar-refractivity contribution in [3.63, 3.8) is 0 Å². The summed E-state index contributed by atoms with van der Waals surface area (Å²) < 4.78 is 5.32. The number of amides is 2. The monoisotopic (exact) mass is 380 g/mol. The van der Waals surface area contributed by atoms with E-state index in [9.17, 15) is 9.59 Å². The summed E-state index contributed by atoms with van der Waals surface area (Å²) in [5, 5.41) is 0. The van der Waals surface area contributed by atoms with E-state index in [1.807, 2.05) is 61.2 Å². The fraction of sp³-hybridized carbons (Fsp3) is 0.391. The zero-order chi connectivity index (χ0) is 19.9. The molecule has 1 aliphatic heterocycles. The van der Waals surface area contributed by atoms with Gasteiger partial charge in [-0.25, -0.2) is 4.79 Å². The van der Waals surface area contributed by atoms with Gasteiger partial charge in [0.2, 0.25) is 0 Å². The van der Waals surface area contributed by atoms with E-state index in [1.165, 1.54) is 0 Å². The maximum absolute atomic E-state index is 12.9. The Kier molecular flexibility index (Phi) is 6.69. The van der Waals surface area contributed by atoms with Gasteiger partial charge in [0.25, 0.3) is 5.91 Å². The quantitative estimate of drug-likeness (QED) is 0.795. The lowest BCUT2D eigenvalue weighted by Crippen LogP contribution is -2.37. The van der Waals surface area contributed by atoms with Crippen LogP contribution in [0.25, 0.3) is 11.1 Å². The molecule has 3 rings (SSSR count). The number of carbonyl (C=O) groups is 2. The molecule has 5 nitrogen and oxygen atoms in total. The Labute approximate surface area is 166 Å². The molecule has 0 bridgehead atoms. The standard InChI is InChI=1S/C23H28N2O3/c1-18(2)17-28-23(27)25-14-6-13-24(15-16-25)22(26)21-11-9-20(10-12-21)19-7-4-3-5-8-19/h3-5,7-12,18H,6,13-17H2,1-2H3. The summed E-state index contributed by atoms with van der Waals surface area (Å²) in [6.07, 6.45) is 0.472. The molecule has 2 amide bonds. The lowest BCUT2D eigenvalue weighted by molar-refractivity contribution is 0.0746. The van der Waals surface area contributed by atoms with Crippen molar-refractivity contribution in [3.8, 4) is 11.1 Å². The largest absolute Gasteiger partial charge is 0.449 e. The Morgan fingerprint density at radius 1 is 0.857 bits per heavy atom. The zero-order valence-corrected chi connectivity index (χ0v) is 16.6. The summed E-state index contributed by atoms with van der Waals surface area (Å²) in [4.78, 5) is 28.6. The minimum Gasteiger partial charge on any atom is -0.449 e. The molecule has 2 aromatic rings. The first-order valence-corrected chi connectivity index (χ1v) is 9.91. The average Bonchev–Trinajstić information content (AvgIpc) is 2.98. The molecule has 0 saturated carbocycles. The molecule has 0 aliphatic carbocycles. The van der Waals surface area contributed by atoms with Crippen LogP contribution in [0.3, 0.4) is 0 Å². The second-order valence-corrected chi connectivity index (χ2v) is 7.55. The Balaban J connectivity index is 1.59. The molecule has 148 valence electrons. The molecule has 5 heteroatoms. The first-order valence-electron chi connectivity index (χ1n) is 9.91. The van der Waals surface area contributed by atoms with E-state index in [1.54, 1.807) is 4.90 Å². The number of hydrogen-bond donors (Lipinski definition) is 0. The van der Waals surface area contributed by atoms with Crippen LogP contribution in [0.5, 0.6) is 0 Å². The molecular formula is C23H28N2O3. The second kappa shape index (κ2) is 9.40. The lowest BCUT2D eigenvalue weighted by Gasteiger charge is -2.22. The van der Waals surface area contributed by atoms with E-state index in [0.29, 0.717) is 44.3 Å². The van der Waals surface area contributed by atoms with Crippen molar-refractivity contribution in [1.82, 2.24) is 9.80 Å². The average molecular weight is 380 g/mol. The number of carbonyl (C=O) groups excluding carboxylic acids is 2. The molecular weight excluding hydrogens is 352 g/mol. The van der Waals surface area contributed by atoms with Gasteiger partial charge in [0.1, 0.15) is 0 Å². The predicted octanol–water partition coefficient (Wildman–Crippen LogP) is 4.29. The van der Waals surface area contributed by atoms with E-state index < -0.39 is 0 Å². The van der Waals surface area contributed by atoms with Gasteiger partial charge in [-0.1, -0.05) is 56.3 Å². The van der Waals surface area contributed by atoms with E-state index in [2.05, 4.69) is 12.1 Å². The first kappa shape index (κ1) is 19.9. The van der Waals surface area contributed by atoms with Gasteiger partial charge < -0.3 is 14.5 Å². The van der Waals surface area contributed by atoms with Crippen LogP contribution in [0.15, 0.2) is 54.6 Å². The number of nitrogens with zero attached hydrogens (tertiary/aromatic N) is 2. The van der Waals surface area contributed by atoms with E-state index >= 15 is 0 Å². The van der Waals surface area contributed by atoms with Crippen LogP contribution >= 0.6 is 0 Å². The third-order valence-electron chi connectivity index (χ3n) is 4.82. The van der Waals surface area contributed by atoms with Crippen molar-refractivity contribution in [3.05, 3.63) is 60.2 Å². The Hall–Kier alpha value is -2.82. The van der Waals surface area contributed by atoms with Crippen LogP contribution in [0.1, 0.15) is 30.6 Å². The van der Waals surface area contributed by atoms with Crippen molar-refractivity contribution < 1.29 is 14.3 Å². The van der Waals surface area contributed by atoms with Crippen LogP contribution in [-0.4, -0.2) is 54.6 Å². The van der Waals surface area contributed by atoms with Crippen molar-refractivity contribution >= 4 is 12.0 Å². The minimum atomic E-state index is -0.282. The Bertz CT molecular complexity index is 787. The van der Waals surface area contributed by atoms with Crippen molar-refractivity contribution in [2.75, 3.05) is 32.8 Å². The predicted molar refractivity (Wildman–Crippen MR) is 110 cm³/mol. The maximum atomic E-state index is 12.9. The number of hydrogen-bond acceptors (Lipinski definition) is 3. The van der Waals surface area contributed by atoms with Gasteiger partial charge >= 0.3 is 6.09 Å². The molecule has 0 radical (unpaired) electrons. The summed E-state index contributed by atoms with van der Waals surface area (Å²) in [7, 11) is 0. The molecule has 0 spiro atoms. The van der Waals surface area contributed by atoms with Crippen LogP contribution in [0, 0.1) is 5.92 Å². The minimum absolute atomic E-state index is 0.0111. The number of rotatable bonds is 4. The summed E-state index contributed by atoms with van der Waals surface area (Å²) >= 11 is 0. The highest BCUT2D eigenvalue weighted by Gasteiger charge is 2.23. The lowest BCUT2D eigenvalue weighted by atomic mass is 10.0. The molecule has 28 heavy (non-hydrogen) atoms. The molecule has 1 saturated heterocycles. The third-order valence-corrected chi connectivity index (χ3v) is 4.82. The molecule has 0 N–H and O–H groups in total. The van der Waals surface area contributed by atoms with Crippen LogP contribution in [-0.2, 0) is 4.74 Å². The molecule has 1 heterocycles. The highest BCUT2D eigenvalue weighted by molar-refractivity contribution is 5.94. The Morgan fingerprint density at radius 3 is 2.14 bits per heavy atom. The SMILES string of the molecule is CC(C)COC(=O)N1CCCN(C(=O)c2ccc(-c3ccccc3)cc2)CC1. The molecule has 2 aromatic carbocycles. The van der Waals surface area contributed by atoms with Gasteiger partial charge in [0.15, 0.2) is 0 Å². The van der Waals surface area contributed by atoms with E-state index in [4.69, 9.17) is 4.74 Å². The van der Waals surface area contributed by atoms with Crippen LogP contribution < -0.4 is 0 Å². The maximum Gasteiger partial charge on any atom is 0.409 e. The van der Waals surface area contributed by atoms with E-state index in [-0.39, 0.29) is 12.0 Å². The fourth-order valence-corrected chi connectivity index (χ4v) is 3.25. The van der Waals surface area contributed by atoms with Crippen molar-refractivity contribution in [1.29, 1.82) is 0 Å². The van der Waals surface area contributed by atoms with Gasteiger partial charge in [-0.3, -0.25) is 4.79 Å². The second-order valence-electron chi connectivity index (χ2n) is 7.55. The smallest absolute Gasteiger partial charge is 0.409 e. The first-order chi connectivity index (χ1) is 13.5. The van der Waals surface area contributed by atoms with Crippen molar-refractivity contribution in [2.24, 2.45) is 5.92 Å². The normalized spacial score (nSPS) is 14.7. The molecule has 1 fully saturated rings. The van der Waals surface area contributed by atoms with Crippen LogP contribution in [0.2, 0.25) is 0 Å². The summed E-state index contributed by atoms with van der Waals surface area (Å²) in [5.41, 5.74) is 2.90. The van der Waals surface area contributed by atoms with E-state index in [0.717, 1.165) is 17.5 Å². The summed E-state index contributed by atoms with van der Waals surface area (Å²) in [6.45, 7) is 6.74. The van der Waals surface area contributed by atoms with Gasteiger partial charge in [0.05, 0.1) is 6.61 Å². The van der Waals surface area contributed by atoms with Gasteiger partial charge in [0, 0.05) is 31.7 Å². The Morgan fingerprint density at radius 2 is 1.46 bits per heavy atom. The van der Waals surface area contributed by atoms with Crippen molar-refractivity contribution in [2.45, 2.75) is 20.3 Å². The van der Waals surface area contributed by atoms with Crippen LogP contribution in [0.4, 0.5) is 4.79 Å². The third kappa shape index (κ3) is 5.12. The fourth-order valence-electron chi connectivity index (χ4n) is 3.25. The zero-order valence-electron chi connectivity index (χ0n) is 16.6.